The summed E-state index contributed by atoms with van der Waals surface area (Å²) >= 11 is 0. The molecule has 10 nitrogen and oxygen atoms in total. The lowest BCUT2D eigenvalue weighted by Crippen LogP contribution is -2.55. The first-order valence-electron chi connectivity index (χ1n) is 11.8. The molecule has 1 aromatic carbocycles. The monoisotopic (exact) mass is 503 g/mol. The van der Waals surface area contributed by atoms with Gasteiger partial charge in [-0.1, -0.05) is 33.3 Å². The van der Waals surface area contributed by atoms with Crippen LogP contribution < -0.4 is 16.1 Å². The van der Waals surface area contributed by atoms with E-state index in [4.69, 9.17) is 0 Å². The minimum absolute atomic E-state index is 0. The van der Waals surface area contributed by atoms with Crippen molar-refractivity contribution in [3.8, 4) is 0 Å². The topological polar surface area (TPSA) is 131 Å². The number of anilines is 1. The summed E-state index contributed by atoms with van der Waals surface area (Å²) in [6.45, 7) is 10.3. The van der Waals surface area contributed by atoms with Gasteiger partial charge in [-0.3, -0.25) is 10.0 Å². The number of hydrogen-bond donors (Lipinski definition) is 4. The van der Waals surface area contributed by atoms with E-state index in [1.807, 2.05) is 0 Å². The highest BCUT2D eigenvalue weighted by atomic mass is 32.2. The molecule has 0 aliphatic carbocycles. The normalized spacial score (nSPS) is 16.2. The Morgan fingerprint density at radius 2 is 1.88 bits per heavy atom. The van der Waals surface area contributed by atoms with Gasteiger partial charge in [0.05, 0.1) is 4.90 Å². The van der Waals surface area contributed by atoms with E-state index in [0.29, 0.717) is 18.7 Å². The van der Waals surface area contributed by atoms with Gasteiger partial charge in [0.2, 0.25) is 10.0 Å². The molecule has 0 unspecified atom stereocenters. The van der Waals surface area contributed by atoms with Crippen molar-refractivity contribution in [1.82, 2.24) is 20.0 Å². The fourth-order valence-electron chi connectivity index (χ4n) is 4.24. The van der Waals surface area contributed by atoms with Gasteiger partial charge in [-0.2, -0.15) is 4.31 Å². The summed E-state index contributed by atoms with van der Waals surface area (Å²) in [5.74, 6) is -0.786. The molecule has 0 spiro atoms. The molecule has 0 radical (unpaired) electrons. The van der Waals surface area contributed by atoms with Crippen LogP contribution in [-0.4, -0.2) is 73.5 Å². The fraction of sp³-hybridized carbons (Fsp3) is 0.652. The quantitative estimate of drug-likeness (QED) is 0.286. The highest BCUT2D eigenvalue weighted by Crippen LogP contribution is 2.31. The molecule has 0 saturated carbocycles. The summed E-state index contributed by atoms with van der Waals surface area (Å²) in [7, 11) is -4.14. The summed E-state index contributed by atoms with van der Waals surface area (Å²) in [4.78, 5) is 26.9. The molecule has 1 aliphatic rings. The third-order valence-corrected chi connectivity index (χ3v) is 7.66. The lowest BCUT2D eigenvalue weighted by atomic mass is 9.86. The molecule has 34 heavy (non-hydrogen) atoms. The van der Waals surface area contributed by atoms with Crippen LogP contribution in [-0.2, 0) is 14.8 Å². The zero-order valence-corrected chi connectivity index (χ0v) is 21.5. The van der Waals surface area contributed by atoms with Crippen LogP contribution in [0, 0.1) is 5.41 Å². The van der Waals surface area contributed by atoms with Crippen LogP contribution in [0.1, 0.15) is 57.7 Å². The van der Waals surface area contributed by atoms with Crippen molar-refractivity contribution < 1.29 is 27.5 Å². The van der Waals surface area contributed by atoms with Gasteiger partial charge in [-0.05, 0) is 69.4 Å². The summed E-state index contributed by atoms with van der Waals surface area (Å²) < 4.78 is 28.8. The van der Waals surface area contributed by atoms with E-state index in [9.17, 15) is 23.2 Å². The second kappa shape index (κ2) is 12.5. The van der Waals surface area contributed by atoms with E-state index >= 15 is 0 Å². The van der Waals surface area contributed by atoms with Crippen molar-refractivity contribution in [2.75, 3.05) is 38.0 Å². The number of amides is 3. The van der Waals surface area contributed by atoms with E-state index in [-0.39, 0.29) is 15.7 Å². The Labute approximate surface area is 207 Å². The Morgan fingerprint density at radius 1 is 1.21 bits per heavy atom. The molecule has 4 N–H and O–H groups in total. The number of sulfonamides is 1. The predicted octanol–water partition coefficient (Wildman–Crippen LogP) is 3.35. The number of likely N-dealkylation sites (tertiary alicyclic amines) is 1. The zero-order valence-electron chi connectivity index (χ0n) is 20.6. The maximum atomic E-state index is 13.8. The van der Waals surface area contributed by atoms with E-state index in [0.717, 1.165) is 32.5 Å². The number of nitrogens with zero attached hydrogens (tertiary/aromatic N) is 2. The first kappa shape index (κ1) is 28.0. The van der Waals surface area contributed by atoms with Gasteiger partial charge in [-0.25, -0.2) is 18.7 Å². The SMILES string of the molecule is CCNC(=O)Nc1cccc(S(=O)(=O)N(CCCN2CCCCC2)[C@@H](C(=O)NO)C(C)(C)C)c1.[HH].[HH].[HH]. The summed E-state index contributed by atoms with van der Waals surface area (Å²) in [6, 6.07) is 4.37. The number of urea groups is 1. The number of rotatable bonds is 10. The van der Waals surface area contributed by atoms with Crippen LogP contribution in [0.3, 0.4) is 0 Å². The van der Waals surface area contributed by atoms with E-state index in [1.54, 1.807) is 45.3 Å². The smallest absolute Gasteiger partial charge is 0.319 e. The Bertz CT molecular complexity index is 941. The van der Waals surface area contributed by atoms with Crippen molar-refractivity contribution in [1.29, 1.82) is 0 Å². The van der Waals surface area contributed by atoms with E-state index < -0.39 is 33.4 Å². The molecule has 3 amide bonds. The molecule has 1 fully saturated rings. The third-order valence-electron chi connectivity index (χ3n) is 5.80. The molecule has 1 aliphatic heterocycles. The summed E-state index contributed by atoms with van der Waals surface area (Å²) in [6.07, 6.45) is 4.01. The van der Waals surface area contributed by atoms with Crippen LogP contribution in [0.2, 0.25) is 0 Å². The minimum Gasteiger partial charge on any atom is -0.338 e. The van der Waals surface area contributed by atoms with Crippen molar-refractivity contribution in [2.24, 2.45) is 5.41 Å². The summed E-state index contributed by atoms with van der Waals surface area (Å²) in [5.41, 5.74) is 1.18. The predicted molar refractivity (Wildman–Crippen MR) is 137 cm³/mol. The van der Waals surface area contributed by atoms with Gasteiger partial charge in [0.15, 0.2) is 0 Å². The molecule has 0 aromatic heterocycles. The number of nitrogens with one attached hydrogen (secondary N) is 3. The number of hydrogen-bond acceptors (Lipinski definition) is 6. The van der Waals surface area contributed by atoms with E-state index in [1.165, 1.54) is 22.9 Å². The zero-order chi connectivity index (χ0) is 25.4. The molecular formula is C23H45N5O5S. The molecule has 1 saturated heterocycles. The molecule has 1 heterocycles. The lowest BCUT2D eigenvalue weighted by Gasteiger charge is -2.38. The Balaban J connectivity index is 0. The van der Waals surface area contributed by atoms with Gasteiger partial charge < -0.3 is 15.5 Å². The first-order valence-corrected chi connectivity index (χ1v) is 13.3. The molecule has 11 heteroatoms. The van der Waals surface area contributed by atoms with Crippen molar-refractivity contribution in [2.45, 2.75) is 64.3 Å². The van der Waals surface area contributed by atoms with Gasteiger partial charge in [0, 0.05) is 23.1 Å². The number of hydroxylamine groups is 1. The number of benzene rings is 1. The van der Waals surface area contributed by atoms with E-state index in [2.05, 4.69) is 15.5 Å². The molecule has 198 valence electrons. The number of carbonyl (C=O) groups is 2. The Hall–Kier alpha value is -2.21. The van der Waals surface area contributed by atoms with Crippen molar-refractivity contribution in [3.63, 3.8) is 0 Å². The largest absolute Gasteiger partial charge is 0.338 e. The van der Waals surface area contributed by atoms with Crippen LogP contribution in [0.5, 0.6) is 0 Å². The number of piperidine rings is 1. The van der Waals surface area contributed by atoms with Gasteiger partial charge in [-0.15, -0.1) is 0 Å². The fourth-order valence-corrected chi connectivity index (χ4v) is 6.10. The Kier molecular flexibility index (Phi) is 10.3. The third kappa shape index (κ3) is 7.66. The van der Waals surface area contributed by atoms with Crippen LogP contribution in [0.4, 0.5) is 10.5 Å². The molecule has 0 bridgehead atoms. The van der Waals surface area contributed by atoms with Crippen LogP contribution in [0.25, 0.3) is 0 Å². The number of carbonyl (C=O) groups excluding carboxylic acids is 2. The Morgan fingerprint density at radius 3 is 2.47 bits per heavy atom. The highest BCUT2D eigenvalue weighted by Gasteiger charge is 2.42. The van der Waals surface area contributed by atoms with Gasteiger partial charge >= 0.3 is 6.03 Å². The average molecular weight is 504 g/mol. The first-order chi connectivity index (χ1) is 16.0. The van der Waals surface area contributed by atoms with Crippen molar-refractivity contribution in [3.05, 3.63) is 24.3 Å². The standard InChI is InChI=1S/C23H39N5O5S.3H2/c1-5-24-22(30)25-18-11-9-12-19(17-18)34(32,33)28(20(21(29)26-31)23(2,3)4)16-10-15-27-13-7-6-8-14-27;;;/h9,11-12,17,20,31H,5-8,10,13-16H2,1-4H3,(H,26,29)(H2,24,25,30);3*1H/t20-;;;/m0.../s1. The van der Waals surface area contributed by atoms with Gasteiger partial charge in [0.1, 0.15) is 6.04 Å². The second-order valence-corrected chi connectivity index (χ2v) is 11.5. The summed E-state index contributed by atoms with van der Waals surface area (Å²) in [5, 5.41) is 14.6. The molecule has 1 atom stereocenters. The molecule has 2 rings (SSSR count). The van der Waals surface area contributed by atoms with Crippen LogP contribution >= 0.6 is 0 Å². The van der Waals surface area contributed by atoms with Gasteiger partial charge in [0.25, 0.3) is 5.91 Å². The molecule has 1 aromatic rings. The van der Waals surface area contributed by atoms with Crippen LogP contribution in [0.15, 0.2) is 29.2 Å². The second-order valence-electron chi connectivity index (χ2n) is 9.63. The molecular weight excluding hydrogens is 458 g/mol. The maximum Gasteiger partial charge on any atom is 0.319 e. The lowest BCUT2D eigenvalue weighted by molar-refractivity contribution is -0.136. The minimum atomic E-state index is -4.14. The maximum absolute atomic E-state index is 13.8. The highest BCUT2D eigenvalue weighted by molar-refractivity contribution is 7.89. The van der Waals surface area contributed by atoms with Crippen molar-refractivity contribution >= 4 is 27.6 Å². The average Bonchev–Trinajstić information content (AvgIpc) is 2.78.